The minimum absolute atomic E-state index is 0.0935. The van der Waals surface area contributed by atoms with Crippen LogP contribution >= 0.6 is 0 Å². The number of sulfonamides is 1. The standard InChI is InChI=1S/C29H35N3O4S/c1-5-24-15-12-13-19-27(24)32(37(35,36)26-17-8-7-9-18-26)21-28(33)31(23(4)29(34)30-6-2)20-25-16-11-10-14-22(25)3/h7-19,23H,5-6,20-21H2,1-4H3,(H,30,34). The van der Waals surface area contributed by atoms with Gasteiger partial charge in [0.25, 0.3) is 10.0 Å². The van der Waals surface area contributed by atoms with Crippen LogP contribution in [0.25, 0.3) is 0 Å². The number of nitrogens with zero attached hydrogens (tertiary/aromatic N) is 2. The molecule has 7 nitrogen and oxygen atoms in total. The minimum atomic E-state index is -4.07. The van der Waals surface area contributed by atoms with Crippen LogP contribution < -0.4 is 9.62 Å². The maximum Gasteiger partial charge on any atom is 0.264 e. The third-order valence-corrected chi connectivity index (χ3v) is 8.15. The Morgan fingerprint density at radius 3 is 2.08 bits per heavy atom. The van der Waals surface area contributed by atoms with Crippen molar-refractivity contribution in [1.29, 1.82) is 0 Å². The maximum absolute atomic E-state index is 13.9. The molecule has 0 radical (unpaired) electrons. The van der Waals surface area contributed by atoms with E-state index in [0.29, 0.717) is 18.7 Å². The molecule has 0 fully saturated rings. The number of hydrogen-bond donors (Lipinski definition) is 1. The molecule has 0 saturated carbocycles. The summed E-state index contributed by atoms with van der Waals surface area (Å²) in [6, 6.07) is 22.1. The summed E-state index contributed by atoms with van der Waals surface area (Å²) in [5.41, 5.74) is 3.12. The van der Waals surface area contributed by atoms with Crippen LogP contribution in [0.2, 0.25) is 0 Å². The quantitative estimate of drug-likeness (QED) is 0.408. The number of rotatable bonds is 11. The second-order valence-corrected chi connectivity index (χ2v) is 10.7. The lowest BCUT2D eigenvalue weighted by atomic mass is 10.1. The van der Waals surface area contributed by atoms with Crippen molar-refractivity contribution in [2.45, 2.75) is 51.6 Å². The normalized spacial score (nSPS) is 12.0. The fraction of sp³-hybridized carbons (Fsp3) is 0.310. The van der Waals surface area contributed by atoms with E-state index < -0.39 is 28.5 Å². The van der Waals surface area contributed by atoms with E-state index in [9.17, 15) is 18.0 Å². The number of aryl methyl sites for hydroxylation is 2. The number of likely N-dealkylation sites (N-methyl/N-ethyl adjacent to an activating group) is 1. The van der Waals surface area contributed by atoms with E-state index in [0.717, 1.165) is 16.7 Å². The number of carbonyl (C=O) groups excluding carboxylic acids is 2. The predicted molar refractivity (Wildman–Crippen MR) is 147 cm³/mol. The Kier molecular flexibility index (Phi) is 9.47. The highest BCUT2D eigenvalue weighted by Gasteiger charge is 2.33. The summed E-state index contributed by atoms with van der Waals surface area (Å²) in [7, 11) is -4.07. The molecule has 0 heterocycles. The van der Waals surface area contributed by atoms with Crippen LogP contribution in [0, 0.1) is 6.92 Å². The van der Waals surface area contributed by atoms with Gasteiger partial charge >= 0.3 is 0 Å². The van der Waals surface area contributed by atoms with Crippen LogP contribution in [0.3, 0.4) is 0 Å². The molecule has 1 unspecified atom stereocenters. The van der Waals surface area contributed by atoms with Gasteiger partial charge in [-0.25, -0.2) is 8.42 Å². The molecule has 1 N–H and O–H groups in total. The first-order valence-corrected chi connectivity index (χ1v) is 13.9. The van der Waals surface area contributed by atoms with Gasteiger partial charge < -0.3 is 10.2 Å². The zero-order valence-electron chi connectivity index (χ0n) is 21.8. The molecule has 1 atom stereocenters. The summed E-state index contributed by atoms with van der Waals surface area (Å²) in [6.07, 6.45) is 0.591. The lowest BCUT2D eigenvalue weighted by Crippen LogP contribution is -2.51. The van der Waals surface area contributed by atoms with Crippen LogP contribution in [-0.4, -0.2) is 44.3 Å². The van der Waals surface area contributed by atoms with Gasteiger partial charge in [0.1, 0.15) is 12.6 Å². The van der Waals surface area contributed by atoms with Gasteiger partial charge in [0.2, 0.25) is 11.8 Å². The molecule has 0 spiro atoms. The summed E-state index contributed by atoms with van der Waals surface area (Å²) in [4.78, 5) is 28.3. The predicted octanol–water partition coefficient (Wildman–Crippen LogP) is 4.31. The first kappa shape index (κ1) is 27.9. The maximum atomic E-state index is 13.9. The number of para-hydroxylation sites is 1. The molecular weight excluding hydrogens is 486 g/mol. The highest BCUT2D eigenvalue weighted by atomic mass is 32.2. The average molecular weight is 522 g/mol. The van der Waals surface area contributed by atoms with E-state index >= 15 is 0 Å². The summed E-state index contributed by atoms with van der Waals surface area (Å²) < 4.78 is 28.9. The van der Waals surface area contributed by atoms with Gasteiger partial charge in [0.15, 0.2) is 0 Å². The third-order valence-electron chi connectivity index (χ3n) is 6.37. The van der Waals surface area contributed by atoms with Crippen LogP contribution in [0.1, 0.15) is 37.5 Å². The molecule has 0 aliphatic rings. The van der Waals surface area contributed by atoms with Crippen LogP contribution in [-0.2, 0) is 32.6 Å². The first-order valence-electron chi connectivity index (χ1n) is 12.5. The van der Waals surface area contributed by atoms with Gasteiger partial charge in [-0.05, 0) is 62.1 Å². The van der Waals surface area contributed by atoms with Gasteiger partial charge in [0, 0.05) is 13.1 Å². The molecule has 0 aromatic heterocycles. The lowest BCUT2D eigenvalue weighted by Gasteiger charge is -2.32. The Bertz CT molecular complexity index is 1330. The molecule has 8 heteroatoms. The van der Waals surface area contributed by atoms with E-state index in [1.54, 1.807) is 37.3 Å². The number of benzene rings is 3. The van der Waals surface area contributed by atoms with Crippen molar-refractivity contribution in [1.82, 2.24) is 10.2 Å². The van der Waals surface area contributed by atoms with Crippen LogP contribution in [0.15, 0.2) is 83.8 Å². The van der Waals surface area contributed by atoms with Gasteiger partial charge in [-0.15, -0.1) is 0 Å². The van der Waals surface area contributed by atoms with Gasteiger partial charge in [-0.3, -0.25) is 13.9 Å². The summed E-state index contributed by atoms with van der Waals surface area (Å²) >= 11 is 0. The second-order valence-electron chi connectivity index (χ2n) is 8.83. The number of anilines is 1. The molecular formula is C29H35N3O4S. The van der Waals surface area contributed by atoms with Crippen LogP contribution in [0.5, 0.6) is 0 Å². The monoisotopic (exact) mass is 521 g/mol. The lowest BCUT2D eigenvalue weighted by molar-refractivity contribution is -0.139. The largest absolute Gasteiger partial charge is 0.355 e. The fourth-order valence-corrected chi connectivity index (χ4v) is 5.63. The summed E-state index contributed by atoms with van der Waals surface area (Å²) in [5, 5.41) is 2.78. The molecule has 196 valence electrons. The van der Waals surface area contributed by atoms with Crippen molar-refractivity contribution in [3.63, 3.8) is 0 Å². The third kappa shape index (κ3) is 6.57. The molecule has 0 aliphatic heterocycles. The average Bonchev–Trinajstić information content (AvgIpc) is 2.91. The van der Waals surface area contributed by atoms with Crippen LogP contribution in [0.4, 0.5) is 5.69 Å². The number of nitrogens with one attached hydrogen (secondary N) is 1. The molecule has 37 heavy (non-hydrogen) atoms. The smallest absolute Gasteiger partial charge is 0.264 e. The zero-order valence-corrected chi connectivity index (χ0v) is 22.7. The molecule has 0 saturated heterocycles. The Morgan fingerprint density at radius 1 is 0.865 bits per heavy atom. The van der Waals surface area contributed by atoms with Crippen molar-refractivity contribution in [3.8, 4) is 0 Å². The van der Waals surface area contributed by atoms with E-state index in [1.165, 1.54) is 21.3 Å². The molecule has 0 aliphatic carbocycles. The first-order chi connectivity index (χ1) is 17.7. The van der Waals surface area contributed by atoms with E-state index in [2.05, 4.69) is 5.32 Å². The fourth-order valence-electron chi connectivity index (χ4n) is 4.16. The molecule has 0 bridgehead atoms. The van der Waals surface area contributed by atoms with Crippen molar-refractivity contribution in [3.05, 3.63) is 95.6 Å². The Labute approximate surface area is 220 Å². The summed E-state index contributed by atoms with van der Waals surface area (Å²) in [5.74, 6) is -0.761. The Hall–Kier alpha value is -3.65. The highest BCUT2D eigenvalue weighted by Crippen LogP contribution is 2.28. The number of amides is 2. The molecule has 3 rings (SSSR count). The van der Waals surface area contributed by atoms with E-state index in [4.69, 9.17) is 0 Å². The van der Waals surface area contributed by atoms with Crippen molar-refractivity contribution in [2.75, 3.05) is 17.4 Å². The van der Waals surface area contributed by atoms with Gasteiger partial charge in [-0.1, -0.05) is 67.6 Å². The number of carbonyl (C=O) groups is 2. The topological polar surface area (TPSA) is 86.8 Å². The zero-order chi connectivity index (χ0) is 27.0. The SMILES string of the molecule is CCNC(=O)C(C)N(Cc1ccccc1C)C(=O)CN(c1ccccc1CC)S(=O)(=O)c1ccccc1. The molecule has 3 aromatic rings. The van der Waals surface area contributed by atoms with E-state index in [-0.39, 0.29) is 17.3 Å². The van der Waals surface area contributed by atoms with Crippen molar-refractivity contribution >= 4 is 27.5 Å². The van der Waals surface area contributed by atoms with Gasteiger partial charge in [-0.2, -0.15) is 0 Å². The van der Waals surface area contributed by atoms with E-state index in [1.807, 2.05) is 57.2 Å². The molecule has 3 aromatic carbocycles. The Morgan fingerprint density at radius 2 is 1.46 bits per heavy atom. The molecule has 2 amide bonds. The van der Waals surface area contributed by atoms with Gasteiger partial charge in [0.05, 0.1) is 10.6 Å². The number of hydrogen-bond acceptors (Lipinski definition) is 4. The van der Waals surface area contributed by atoms with Crippen molar-refractivity contribution in [2.24, 2.45) is 0 Å². The second kappa shape index (κ2) is 12.5. The van der Waals surface area contributed by atoms with Crippen molar-refractivity contribution < 1.29 is 18.0 Å². The summed E-state index contributed by atoms with van der Waals surface area (Å²) in [6.45, 7) is 7.52. The highest BCUT2D eigenvalue weighted by molar-refractivity contribution is 7.92. The minimum Gasteiger partial charge on any atom is -0.355 e. The Balaban J connectivity index is 2.07.